The van der Waals surface area contributed by atoms with Crippen LogP contribution in [0.3, 0.4) is 0 Å². The Labute approximate surface area is 146 Å². The zero-order chi connectivity index (χ0) is 17.8. The van der Waals surface area contributed by atoms with Gasteiger partial charge in [0, 0.05) is 12.0 Å². The molecular formula is C19H22N2O4. The van der Waals surface area contributed by atoms with E-state index < -0.39 is 6.04 Å². The summed E-state index contributed by atoms with van der Waals surface area (Å²) in [5.74, 6) is 0.422. The molecular weight excluding hydrogens is 320 g/mol. The number of hydrogen-bond donors (Lipinski definition) is 1. The predicted octanol–water partition coefficient (Wildman–Crippen LogP) is 3.36. The van der Waals surface area contributed by atoms with Crippen LogP contribution < -0.4 is 5.32 Å². The highest BCUT2D eigenvalue weighted by Gasteiger charge is 2.29. The molecule has 1 atom stereocenters. The molecule has 0 spiro atoms. The van der Waals surface area contributed by atoms with E-state index in [4.69, 9.17) is 9.26 Å². The van der Waals surface area contributed by atoms with E-state index in [1.165, 1.54) is 0 Å². The van der Waals surface area contributed by atoms with Gasteiger partial charge in [-0.15, -0.1) is 0 Å². The topological polar surface area (TPSA) is 81.4 Å². The van der Waals surface area contributed by atoms with Crippen molar-refractivity contribution in [2.75, 3.05) is 0 Å². The predicted molar refractivity (Wildman–Crippen MR) is 91.0 cm³/mol. The maximum Gasteiger partial charge on any atom is 0.308 e. The normalized spacial score (nSPS) is 15.0. The van der Waals surface area contributed by atoms with E-state index in [1.54, 1.807) is 19.9 Å². The summed E-state index contributed by atoms with van der Waals surface area (Å²) in [6.07, 6.45) is 2.01. The zero-order valence-corrected chi connectivity index (χ0v) is 14.4. The Morgan fingerprint density at radius 1 is 1.28 bits per heavy atom. The molecule has 1 fully saturated rings. The van der Waals surface area contributed by atoms with Crippen LogP contribution in [-0.4, -0.2) is 23.1 Å². The van der Waals surface area contributed by atoms with E-state index >= 15 is 0 Å². The van der Waals surface area contributed by atoms with Crippen LogP contribution in [0.5, 0.6) is 0 Å². The number of amides is 1. The molecule has 1 aliphatic carbocycles. The fourth-order valence-electron chi connectivity index (χ4n) is 2.60. The molecule has 25 heavy (non-hydrogen) atoms. The van der Waals surface area contributed by atoms with Crippen LogP contribution in [0.2, 0.25) is 0 Å². The average Bonchev–Trinajstić information content (AvgIpc) is 3.31. The fraction of sp³-hybridized carbons (Fsp3) is 0.421. The maximum absolute atomic E-state index is 12.5. The van der Waals surface area contributed by atoms with Gasteiger partial charge in [0.2, 0.25) is 0 Å². The number of nitrogens with one attached hydrogen (secondary N) is 1. The maximum atomic E-state index is 12.5. The second kappa shape index (κ2) is 7.51. The van der Waals surface area contributed by atoms with E-state index in [0.29, 0.717) is 5.92 Å². The summed E-state index contributed by atoms with van der Waals surface area (Å²) in [7, 11) is 0. The van der Waals surface area contributed by atoms with Gasteiger partial charge in [0.05, 0.1) is 18.6 Å². The first kappa shape index (κ1) is 17.2. The number of hydrogen-bond acceptors (Lipinski definition) is 5. The van der Waals surface area contributed by atoms with Gasteiger partial charge in [0.15, 0.2) is 5.69 Å². The highest BCUT2D eigenvalue weighted by molar-refractivity contribution is 5.92. The van der Waals surface area contributed by atoms with E-state index in [9.17, 15) is 9.59 Å². The molecule has 1 unspecified atom stereocenters. The van der Waals surface area contributed by atoms with E-state index in [1.807, 2.05) is 30.3 Å². The Morgan fingerprint density at radius 2 is 2.00 bits per heavy atom. The third-order valence-electron chi connectivity index (χ3n) is 3.99. The van der Waals surface area contributed by atoms with Crippen molar-refractivity contribution in [3.63, 3.8) is 0 Å². The summed E-state index contributed by atoms with van der Waals surface area (Å²) in [6.45, 7) is 3.59. The SMILES string of the molecule is CC(C)OC(=O)CC(NC(=O)c1cc(C2CC2)on1)c1ccccc1. The molecule has 0 aliphatic heterocycles. The molecule has 1 aromatic carbocycles. The number of benzene rings is 1. The zero-order valence-electron chi connectivity index (χ0n) is 14.4. The fourth-order valence-corrected chi connectivity index (χ4v) is 2.60. The van der Waals surface area contributed by atoms with Crippen molar-refractivity contribution >= 4 is 11.9 Å². The summed E-state index contributed by atoms with van der Waals surface area (Å²) in [4.78, 5) is 24.6. The van der Waals surface area contributed by atoms with Gasteiger partial charge in [-0.25, -0.2) is 0 Å². The molecule has 3 rings (SSSR count). The Hall–Kier alpha value is -2.63. The second-order valence-corrected chi connectivity index (χ2v) is 6.57. The first-order chi connectivity index (χ1) is 12.0. The van der Waals surface area contributed by atoms with Crippen molar-refractivity contribution in [2.24, 2.45) is 0 Å². The average molecular weight is 342 g/mol. The largest absolute Gasteiger partial charge is 0.463 e. The van der Waals surface area contributed by atoms with Crippen molar-refractivity contribution in [1.82, 2.24) is 10.5 Å². The molecule has 1 saturated carbocycles. The number of esters is 1. The first-order valence-corrected chi connectivity index (χ1v) is 8.55. The molecule has 2 aromatic rings. The summed E-state index contributed by atoms with van der Waals surface area (Å²) >= 11 is 0. The number of aromatic nitrogens is 1. The summed E-state index contributed by atoms with van der Waals surface area (Å²) in [6, 6.07) is 10.5. The van der Waals surface area contributed by atoms with Crippen molar-refractivity contribution < 1.29 is 18.8 Å². The Bertz CT molecular complexity index is 735. The van der Waals surface area contributed by atoms with Crippen LogP contribution in [0, 0.1) is 0 Å². The smallest absolute Gasteiger partial charge is 0.308 e. The summed E-state index contributed by atoms with van der Waals surface area (Å²) in [5.41, 5.74) is 1.07. The van der Waals surface area contributed by atoms with Crippen molar-refractivity contribution in [1.29, 1.82) is 0 Å². The molecule has 1 heterocycles. The minimum absolute atomic E-state index is 0.0568. The second-order valence-electron chi connectivity index (χ2n) is 6.57. The molecule has 0 radical (unpaired) electrons. The van der Waals surface area contributed by atoms with Gasteiger partial charge in [0.25, 0.3) is 5.91 Å². The minimum Gasteiger partial charge on any atom is -0.463 e. The number of nitrogens with zero attached hydrogens (tertiary/aromatic N) is 1. The van der Waals surface area contributed by atoms with Gasteiger partial charge in [-0.1, -0.05) is 35.5 Å². The van der Waals surface area contributed by atoms with Crippen LogP contribution in [0.15, 0.2) is 40.9 Å². The van der Waals surface area contributed by atoms with E-state index in [-0.39, 0.29) is 30.1 Å². The number of ether oxygens (including phenoxy) is 1. The lowest BCUT2D eigenvalue weighted by Crippen LogP contribution is -2.31. The number of rotatable bonds is 7. The Balaban J connectivity index is 1.71. The first-order valence-electron chi connectivity index (χ1n) is 8.55. The van der Waals surface area contributed by atoms with Gasteiger partial charge in [0.1, 0.15) is 5.76 Å². The molecule has 6 heteroatoms. The van der Waals surface area contributed by atoms with Gasteiger partial charge < -0.3 is 14.6 Å². The molecule has 0 bridgehead atoms. The monoisotopic (exact) mass is 342 g/mol. The molecule has 1 amide bonds. The third kappa shape index (κ3) is 4.68. The van der Waals surface area contributed by atoms with E-state index in [2.05, 4.69) is 10.5 Å². The lowest BCUT2D eigenvalue weighted by atomic mass is 10.0. The number of carbonyl (C=O) groups is 2. The summed E-state index contributed by atoms with van der Waals surface area (Å²) in [5, 5.41) is 6.71. The highest BCUT2D eigenvalue weighted by Crippen LogP contribution is 2.40. The van der Waals surface area contributed by atoms with Crippen LogP contribution >= 0.6 is 0 Å². The Morgan fingerprint density at radius 3 is 2.64 bits per heavy atom. The lowest BCUT2D eigenvalue weighted by molar-refractivity contribution is -0.147. The van der Waals surface area contributed by atoms with Crippen molar-refractivity contribution in [3.8, 4) is 0 Å². The third-order valence-corrected chi connectivity index (χ3v) is 3.99. The number of carbonyl (C=O) groups excluding carboxylic acids is 2. The molecule has 0 saturated heterocycles. The van der Waals surface area contributed by atoms with Crippen LogP contribution in [0.25, 0.3) is 0 Å². The lowest BCUT2D eigenvalue weighted by Gasteiger charge is -2.18. The molecule has 6 nitrogen and oxygen atoms in total. The van der Waals surface area contributed by atoms with Crippen molar-refractivity contribution in [2.45, 2.75) is 51.2 Å². The van der Waals surface area contributed by atoms with Gasteiger partial charge in [-0.2, -0.15) is 0 Å². The molecule has 1 N–H and O–H groups in total. The van der Waals surface area contributed by atoms with E-state index in [0.717, 1.165) is 24.2 Å². The van der Waals surface area contributed by atoms with Gasteiger partial charge in [-0.05, 0) is 32.3 Å². The molecule has 132 valence electrons. The van der Waals surface area contributed by atoms with Crippen LogP contribution in [0.4, 0.5) is 0 Å². The van der Waals surface area contributed by atoms with Gasteiger partial charge in [-0.3, -0.25) is 9.59 Å². The van der Waals surface area contributed by atoms with Gasteiger partial charge >= 0.3 is 5.97 Å². The quantitative estimate of drug-likeness (QED) is 0.780. The van der Waals surface area contributed by atoms with Crippen LogP contribution in [-0.2, 0) is 9.53 Å². The minimum atomic E-state index is -0.485. The highest BCUT2D eigenvalue weighted by atomic mass is 16.5. The standard InChI is InChI=1S/C19H22N2O4/c1-12(2)24-18(22)11-15(13-6-4-3-5-7-13)20-19(23)16-10-17(25-21-16)14-8-9-14/h3-7,10,12,14-15H,8-9,11H2,1-2H3,(H,20,23). The molecule has 1 aliphatic rings. The summed E-state index contributed by atoms with van der Waals surface area (Å²) < 4.78 is 10.4. The molecule has 1 aromatic heterocycles. The Kier molecular flexibility index (Phi) is 5.16. The van der Waals surface area contributed by atoms with Crippen LogP contribution in [0.1, 0.15) is 66.9 Å². The van der Waals surface area contributed by atoms with Crippen molar-refractivity contribution in [3.05, 3.63) is 53.4 Å².